The Labute approximate surface area is 196 Å². The van der Waals surface area contributed by atoms with E-state index >= 15 is 0 Å². The molecule has 5 nitrogen and oxygen atoms in total. The van der Waals surface area contributed by atoms with Crippen molar-refractivity contribution >= 4 is 17.7 Å². The van der Waals surface area contributed by atoms with Gasteiger partial charge in [-0.2, -0.15) is 0 Å². The minimum Gasteiger partial charge on any atom is -0.353 e. The molecule has 0 aliphatic heterocycles. The molecular formula is C26H34N4OS. The molecule has 1 aromatic heterocycles. The lowest BCUT2D eigenvalue weighted by Gasteiger charge is -2.19. The zero-order chi connectivity index (χ0) is 23.3. The summed E-state index contributed by atoms with van der Waals surface area (Å²) in [6, 6.07) is 16.9. The summed E-state index contributed by atoms with van der Waals surface area (Å²) in [5.74, 6) is 1.11. The molecule has 0 radical (unpaired) electrons. The van der Waals surface area contributed by atoms with Crippen LogP contribution in [0.25, 0.3) is 17.1 Å². The zero-order valence-corrected chi connectivity index (χ0v) is 20.8. The SMILES string of the molecule is CCC[C@H](C)NC(=O)CSc1nnc(-c2ccc(C(C)(C)C)cc2)n1-c1ccccc1C. The summed E-state index contributed by atoms with van der Waals surface area (Å²) in [5.41, 5.74) is 4.51. The highest BCUT2D eigenvalue weighted by molar-refractivity contribution is 7.99. The maximum Gasteiger partial charge on any atom is 0.230 e. The molecular weight excluding hydrogens is 416 g/mol. The van der Waals surface area contributed by atoms with E-state index in [-0.39, 0.29) is 17.4 Å². The van der Waals surface area contributed by atoms with Crippen LogP contribution in [0.1, 0.15) is 58.6 Å². The Morgan fingerprint density at radius 2 is 1.78 bits per heavy atom. The van der Waals surface area contributed by atoms with E-state index in [4.69, 9.17) is 0 Å². The van der Waals surface area contributed by atoms with Crippen LogP contribution in [0.5, 0.6) is 0 Å². The van der Waals surface area contributed by atoms with Gasteiger partial charge in [-0.05, 0) is 42.9 Å². The van der Waals surface area contributed by atoms with Crippen LogP contribution in [0.2, 0.25) is 0 Å². The number of thioether (sulfide) groups is 1. The van der Waals surface area contributed by atoms with E-state index in [2.05, 4.69) is 91.1 Å². The van der Waals surface area contributed by atoms with Crippen LogP contribution in [-0.4, -0.2) is 32.5 Å². The molecule has 3 rings (SSSR count). The lowest BCUT2D eigenvalue weighted by molar-refractivity contribution is -0.119. The molecule has 0 fully saturated rings. The zero-order valence-electron chi connectivity index (χ0n) is 20.0. The van der Waals surface area contributed by atoms with Gasteiger partial charge in [0.15, 0.2) is 11.0 Å². The van der Waals surface area contributed by atoms with Gasteiger partial charge in [-0.1, -0.05) is 88.3 Å². The first-order valence-corrected chi connectivity index (χ1v) is 12.2. The fraction of sp³-hybridized carbons (Fsp3) is 0.423. The highest BCUT2D eigenvalue weighted by Crippen LogP contribution is 2.31. The average molecular weight is 451 g/mol. The Morgan fingerprint density at radius 3 is 2.41 bits per heavy atom. The van der Waals surface area contributed by atoms with Crippen molar-refractivity contribution in [2.75, 3.05) is 5.75 Å². The molecule has 1 atom stereocenters. The second kappa shape index (κ2) is 10.3. The Bertz CT molecular complexity index is 1050. The maximum atomic E-state index is 12.4. The Morgan fingerprint density at radius 1 is 1.09 bits per heavy atom. The number of hydrogen-bond acceptors (Lipinski definition) is 4. The first-order chi connectivity index (χ1) is 15.2. The van der Waals surface area contributed by atoms with Gasteiger partial charge in [-0.3, -0.25) is 9.36 Å². The summed E-state index contributed by atoms with van der Waals surface area (Å²) in [4.78, 5) is 12.4. The van der Waals surface area contributed by atoms with Crippen LogP contribution in [0, 0.1) is 6.92 Å². The van der Waals surface area contributed by atoms with Crippen molar-refractivity contribution in [1.82, 2.24) is 20.1 Å². The van der Waals surface area contributed by atoms with Crippen molar-refractivity contribution in [2.24, 2.45) is 0 Å². The second-order valence-corrected chi connectivity index (χ2v) is 10.2. The molecule has 0 aliphatic rings. The number of carbonyl (C=O) groups is 1. The number of benzene rings is 2. The number of amides is 1. The fourth-order valence-corrected chi connectivity index (χ4v) is 4.41. The molecule has 0 spiro atoms. The van der Waals surface area contributed by atoms with Crippen molar-refractivity contribution in [3.05, 3.63) is 59.7 Å². The standard InChI is InChI=1S/C26H34N4OS/c1-7-10-19(3)27-23(31)17-32-25-29-28-24(30(25)22-12-9-8-11-18(22)2)20-13-15-21(16-14-20)26(4,5)6/h8-9,11-16,19H,7,10,17H2,1-6H3,(H,27,31)/t19-/m0/s1. The number of aryl methyl sites for hydroxylation is 1. The Hall–Kier alpha value is -2.60. The molecule has 0 aliphatic carbocycles. The van der Waals surface area contributed by atoms with Crippen LogP contribution < -0.4 is 5.32 Å². The first kappa shape index (κ1) is 24.1. The summed E-state index contributed by atoms with van der Waals surface area (Å²) in [6.07, 6.45) is 2.03. The number of nitrogens with zero attached hydrogens (tertiary/aromatic N) is 3. The van der Waals surface area contributed by atoms with E-state index in [1.807, 2.05) is 19.1 Å². The van der Waals surface area contributed by atoms with E-state index in [0.717, 1.165) is 35.5 Å². The number of para-hydroxylation sites is 1. The van der Waals surface area contributed by atoms with Gasteiger partial charge >= 0.3 is 0 Å². The number of rotatable bonds is 8. The van der Waals surface area contributed by atoms with E-state index < -0.39 is 0 Å². The van der Waals surface area contributed by atoms with Gasteiger partial charge in [-0.25, -0.2) is 0 Å². The largest absolute Gasteiger partial charge is 0.353 e. The van der Waals surface area contributed by atoms with Crippen molar-refractivity contribution in [3.63, 3.8) is 0 Å². The van der Waals surface area contributed by atoms with Crippen LogP contribution in [0.15, 0.2) is 53.7 Å². The number of nitrogens with one attached hydrogen (secondary N) is 1. The summed E-state index contributed by atoms with van der Waals surface area (Å²) >= 11 is 1.42. The summed E-state index contributed by atoms with van der Waals surface area (Å²) in [6.45, 7) is 12.9. The highest BCUT2D eigenvalue weighted by Gasteiger charge is 2.20. The molecule has 0 unspecified atom stereocenters. The molecule has 3 aromatic rings. The monoisotopic (exact) mass is 450 g/mol. The molecule has 6 heteroatoms. The molecule has 1 heterocycles. The smallest absolute Gasteiger partial charge is 0.230 e. The molecule has 32 heavy (non-hydrogen) atoms. The van der Waals surface area contributed by atoms with E-state index in [1.54, 1.807) is 0 Å². The van der Waals surface area contributed by atoms with E-state index in [1.165, 1.54) is 17.3 Å². The third kappa shape index (κ3) is 5.80. The normalized spacial score (nSPS) is 12.6. The highest BCUT2D eigenvalue weighted by atomic mass is 32.2. The van der Waals surface area contributed by atoms with E-state index in [0.29, 0.717) is 10.9 Å². The van der Waals surface area contributed by atoms with Gasteiger partial charge in [0, 0.05) is 11.6 Å². The quantitative estimate of drug-likeness (QED) is 0.432. The maximum absolute atomic E-state index is 12.4. The molecule has 2 aromatic carbocycles. The third-order valence-corrected chi connectivity index (χ3v) is 6.39. The van der Waals surface area contributed by atoms with Crippen molar-refractivity contribution in [2.45, 2.75) is 71.0 Å². The average Bonchev–Trinajstić information content (AvgIpc) is 3.16. The predicted octanol–water partition coefficient (Wildman–Crippen LogP) is 5.94. The molecule has 0 bridgehead atoms. The van der Waals surface area contributed by atoms with Crippen molar-refractivity contribution in [1.29, 1.82) is 0 Å². The lowest BCUT2D eigenvalue weighted by atomic mass is 9.87. The molecule has 1 N–H and O–H groups in total. The molecule has 0 saturated carbocycles. The summed E-state index contributed by atoms with van der Waals surface area (Å²) in [5, 5.41) is 12.8. The van der Waals surface area contributed by atoms with Crippen molar-refractivity contribution < 1.29 is 4.79 Å². The van der Waals surface area contributed by atoms with Crippen LogP contribution in [0.4, 0.5) is 0 Å². The summed E-state index contributed by atoms with van der Waals surface area (Å²) in [7, 11) is 0. The van der Waals surface area contributed by atoms with Gasteiger partial charge in [0.25, 0.3) is 0 Å². The number of hydrogen-bond donors (Lipinski definition) is 1. The third-order valence-electron chi connectivity index (χ3n) is 5.46. The lowest BCUT2D eigenvalue weighted by Crippen LogP contribution is -2.33. The number of aromatic nitrogens is 3. The molecule has 0 saturated heterocycles. The topological polar surface area (TPSA) is 59.8 Å². The Balaban J connectivity index is 1.93. The molecule has 170 valence electrons. The van der Waals surface area contributed by atoms with Gasteiger partial charge in [-0.15, -0.1) is 10.2 Å². The Kier molecular flexibility index (Phi) is 7.77. The van der Waals surface area contributed by atoms with Gasteiger partial charge < -0.3 is 5.32 Å². The van der Waals surface area contributed by atoms with Gasteiger partial charge in [0.2, 0.25) is 5.91 Å². The first-order valence-electron chi connectivity index (χ1n) is 11.2. The van der Waals surface area contributed by atoms with Gasteiger partial charge in [0.05, 0.1) is 11.4 Å². The predicted molar refractivity (Wildman–Crippen MR) is 133 cm³/mol. The summed E-state index contributed by atoms with van der Waals surface area (Å²) < 4.78 is 2.06. The van der Waals surface area contributed by atoms with Crippen LogP contribution in [-0.2, 0) is 10.2 Å². The van der Waals surface area contributed by atoms with Crippen LogP contribution in [0.3, 0.4) is 0 Å². The van der Waals surface area contributed by atoms with E-state index in [9.17, 15) is 4.79 Å². The number of carbonyl (C=O) groups excluding carboxylic acids is 1. The minimum atomic E-state index is 0.0198. The second-order valence-electron chi connectivity index (χ2n) is 9.30. The van der Waals surface area contributed by atoms with Crippen molar-refractivity contribution in [3.8, 4) is 17.1 Å². The minimum absolute atomic E-state index is 0.0198. The van der Waals surface area contributed by atoms with Crippen LogP contribution >= 0.6 is 11.8 Å². The van der Waals surface area contributed by atoms with Gasteiger partial charge in [0.1, 0.15) is 0 Å². The fourth-order valence-electron chi connectivity index (χ4n) is 3.65. The molecule has 1 amide bonds.